The third kappa shape index (κ3) is 4.69. The highest BCUT2D eigenvalue weighted by atomic mass is 19.1. The van der Waals surface area contributed by atoms with E-state index in [-0.39, 0.29) is 28.9 Å². The molecule has 1 fully saturated rings. The lowest BCUT2D eigenvalue weighted by molar-refractivity contribution is -0.139. The predicted octanol–water partition coefficient (Wildman–Crippen LogP) is 7.08. The van der Waals surface area contributed by atoms with Crippen LogP contribution in [-0.2, 0) is 28.0 Å². The van der Waals surface area contributed by atoms with Gasteiger partial charge in [-0.05, 0) is 66.0 Å². The van der Waals surface area contributed by atoms with Crippen molar-refractivity contribution >= 4 is 5.97 Å². The minimum atomic E-state index is -0.992. The van der Waals surface area contributed by atoms with Gasteiger partial charge in [0.05, 0.1) is 18.2 Å². The Morgan fingerprint density at radius 2 is 1.90 bits per heavy atom. The first-order valence-corrected chi connectivity index (χ1v) is 13.0. The second-order valence-electron chi connectivity index (χ2n) is 11.8. The summed E-state index contributed by atoms with van der Waals surface area (Å²) in [6.45, 7) is 7.77. The van der Waals surface area contributed by atoms with E-state index in [1.54, 1.807) is 32.2 Å². The summed E-state index contributed by atoms with van der Waals surface area (Å²) in [7, 11) is 1.60. The Morgan fingerprint density at radius 3 is 2.54 bits per heavy atom. The number of methoxy groups -OCH3 is 1. The third-order valence-corrected chi connectivity index (χ3v) is 8.07. The van der Waals surface area contributed by atoms with Crippen LogP contribution in [0, 0.1) is 35.7 Å². The Labute approximate surface area is 226 Å². The number of hydrogen-bond donors (Lipinski definition) is 1. The van der Waals surface area contributed by atoms with Crippen molar-refractivity contribution in [3.8, 4) is 16.9 Å². The van der Waals surface area contributed by atoms with E-state index in [9.17, 15) is 18.7 Å². The van der Waals surface area contributed by atoms with Crippen LogP contribution in [-0.4, -0.2) is 23.2 Å². The molecule has 1 N–H and O–H groups in total. The van der Waals surface area contributed by atoms with Crippen LogP contribution in [0.15, 0.2) is 36.5 Å². The van der Waals surface area contributed by atoms with Gasteiger partial charge >= 0.3 is 5.97 Å². The number of carboxylic acids is 1. The molecule has 5 rings (SSSR count). The molecule has 0 bridgehead atoms. The fraction of sp³-hybridized carbons (Fsp3) is 0.419. The fourth-order valence-electron chi connectivity index (χ4n) is 6.19. The summed E-state index contributed by atoms with van der Waals surface area (Å²) < 4.78 is 57.1. The lowest BCUT2D eigenvalue weighted by atomic mass is 9.81. The molecule has 1 aromatic heterocycles. The smallest absolute Gasteiger partial charge is 0.307 e. The largest absolute Gasteiger partial charge is 0.486 e. The Kier molecular flexibility index (Phi) is 6.74. The van der Waals surface area contributed by atoms with Gasteiger partial charge < -0.3 is 14.6 Å². The van der Waals surface area contributed by atoms with Gasteiger partial charge in [0.2, 0.25) is 0 Å². The van der Waals surface area contributed by atoms with Gasteiger partial charge in [0.25, 0.3) is 0 Å². The van der Waals surface area contributed by atoms with Gasteiger partial charge in [0, 0.05) is 35.4 Å². The van der Waals surface area contributed by atoms with Crippen LogP contribution >= 0.6 is 0 Å². The molecule has 0 unspecified atom stereocenters. The summed E-state index contributed by atoms with van der Waals surface area (Å²) in [4.78, 5) is 15.6. The molecule has 0 amide bonds. The standard InChI is InChI=1S/C31H32F3NO4/c1-16-10-20(24(33)14-35-16)18-7-6-17(11-21(18)28(38-5)30(2,3)4)15-39-25-12-23(32)19-8-9-31(26(19)27(25)34)13-22(31)29(36)37/h6-7,10-12,14,22,28H,8-9,13,15H2,1-5H3,(H,36,37)/t22-,28+,31+/m0/s1. The number of benzene rings is 2. The van der Waals surface area contributed by atoms with E-state index in [0.29, 0.717) is 41.6 Å². The maximum absolute atomic E-state index is 15.7. The Morgan fingerprint density at radius 1 is 1.15 bits per heavy atom. The highest BCUT2D eigenvalue weighted by molar-refractivity contribution is 5.78. The van der Waals surface area contributed by atoms with Crippen molar-refractivity contribution in [3.63, 3.8) is 0 Å². The molecule has 3 aromatic rings. The van der Waals surface area contributed by atoms with Gasteiger partial charge in [-0.2, -0.15) is 0 Å². The monoisotopic (exact) mass is 539 g/mol. The van der Waals surface area contributed by atoms with Gasteiger partial charge in [-0.15, -0.1) is 0 Å². The molecule has 1 spiro atoms. The summed E-state index contributed by atoms with van der Waals surface area (Å²) in [5.41, 5.74) is 2.31. The molecule has 3 atom stereocenters. The summed E-state index contributed by atoms with van der Waals surface area (Å²) in [6.07, 6.45) is 1.81. The number of pyridine rings is 1. The maximum atomic E-state index is 15.7. The molecule has 39 heavy (non-hydrogen) atoms. The van der Waals surface area contributed by atoms with E-state index < -0.39 is 40.9 Å². The zero-order chi connectivity index (χ0) is 28.3. The number of aromatic nitrogens is 1. The minimum absolute atomic E-state index is 0.0732. The second-order valence-corrected chi connectivity index (χ2v) is 11.8. The van der Waals surface area contributed by atoms with Gasteiger partial charge in [0.15, 0.2) is 11.6 Å². The number of hydrogen-bond acceptors (Lipinski definition) is 4. The van der Waals surface area contributed by atoms with Crippen molar-refractivity contribution in [1.82, 2.24) is 4.98 Å². The van der Waals surface area contributed by atoms with E-state index in [4.69, 9.17) is 9.47 Å². The van der Waals surface area contributed by atoms with Crippen LogP contribution in [0.4, 0.5) is 13.2 Å². The van der Waals surface area contributed by atoms with Crippen LogP contribution < -0.4 is 4.74 Å². The zero-order valence-corrected chi connectivity index (χ0v) is 22.7. The minimum Gasteiger partial charge on any atom is -0.486 e. The number of nitrogens with zero attached hydrogens (tertiary/aromatic N) is 1. The Hall–Kier alpha value is -3.39. The predicted molar refractivity (Wildman–Crippen MR) is 140 cm³/mol. The fourth-order valence-corrected chi connectivity index (χ4v) is 6.19. The van der Waals surface area contributed by atoms with Gasteiger partial charge in [-0.3, -0.25) is 9.78 Å². The summed E-state index contributed by atoms with van der Waals surface area (Å²) in [6, 6.07) is 8.10. The average molecular weight is 540 g/mol. The Bertz CT molecular complexity index is 1470. The topological polar surface area (TPSA) is 68.7 Å². The van der Waals surface area contributed by atoms with Gasteiger partial charge in [-0.25, -0.2) is 13.2 Å². The molecule has 5 nitrogen and oxygen atoms in total. The first-order valence-electron chi connectivity index (χ1n) is 13.0. The van der Waals surface area contributed by atoms with Gasteiger partial charge in [-0.1, -0.05) is 32.9 Å². The highest BCUT2D eigenvalue weighted by Crippen LogP contribution is 2.63. The molecular formula is C31H32F3NO4. The quantitative estimate of drug-likeness (QED) is 0.348. The zero-order valence-electron chi connectivity index (χ0n) is 22.7. The van der Waals surface area contributed by atoms with E-state index in [2.05, 4.69) is 4.98 Å². The maximum Gasteiger partial charge on any atom is 0.307 e. The third-order valence-electron chi connectivity index (χ3n) is 8.07. The van der Waals surface area contributed by atoms with E-state index in [1.807, 2.05) is 26.8 Å². The SMILES string of the molecule is CO[C@H](c1cc(COc2cc(F)c3c(c2F)[C@]2(CC3)C[C@H]2C(=O)O)ccc1-c1cc(C)ncc1F)C(C)(C)C. The number of carbonyl (C=O) groups is 1. The van der Waals surface area contributed by atoms with Crippen molar-refractivity contribution in [2.24, 2.45) is 11.3 Å². The molecule has 2 aromatic carbocycles. The van der Waals surface area contributed by atoms with Crippen molar-refractivity contribution in [2.45, 2.75) is 65.1 Å². The number of halogens is 3. The molecule has 0 aliphatic heterocycles. The molecule has 1 heterocycles. The number of fused-ring (bicyclic) bond motifs is 2. The first-order chi connectivity index (χ1) is 18.4. The molecule has 0 radical (unpaired) electrons. The van der Waals surface area contributed by atoms with Crippen LogP contribution in [0.25, 0.3) is 11.1 Å². The average Bonchev–Trinajstić information content (AvgIpc) is 3.47. The van der Waals surface area contributed by atoms with Crippen molar-refractivity contribution in [3.05, 3.63) is 81.9 Å². The molecular weight excluding hydrogens is 507 g/mol. The second kappa shape index (κ2) is 9.66. The van der Waals surface area contributed by atoms with Crippen LogP contribution in [0.2, 0.25) is 0 Å². The Balaban J connectivity index is 1.50. The molecule has 1 saturated carbocycles. The van der Waals surface area contributed by atoms with Crippen LogP contribution in [0.1, 0.15) is 67.7 Å². The highest BCUT2D eigenvalue weighted by Gasteiger charge is 2.63. The normalized spacial score (nSPS) is 20.7. The number of carboxylic acid groups (broad SMARTS) is 1. The van der Waals surface area contributed by atoms with E-state index in [0.717, 1.165) is 11.6 Å². The number of rotatable bonds is 7. The van der Waals surface area contributed by atoms with Crippen LogP contribution in [0.3, 0.4) is 0 Å². The number of aliphatic carboxylic acids is 1. The first kappa shape index (κ1) is 27.2. The lowest BCUT2D eigenvalue weighted by Crippen LogP contribution is -2.21. The van der Waals surface area contributed by atoms with Crippen LogP contribution in [0.5, 0.6) is 5.75 Å². The summed E-state index contributed by atoms with van der Waals surface area (Å²) >= 11 is 0. The van der Waals surface area contributed by atoms with Gasteiger partial charge in [0.1, 0.15) is 18.2 Å². The van der Waals surface area contributed by atoms with E-state index in [1.165, 1.54) is 6.20 Å². The summed E-state index contributed by atoms with van der Waals surface area (Å²) in [5, 5.41) is 9.49. The number of ether oxygens (including phenoxy) is 2. The van der Waals surface area contributed by atoms with Crippen molar-refractivity contribution in [1.29, 1.82) is 0 Å². The number of aryl methyl sites for hydroxylation is 1. The summed E-state index contributed by atoms with van der Waals surface area (Å²) in [5.74, 6) is -3.68. The molecule has 2 aliphatic rings. The van der Waals surface area contributed by atoms with Crippen molar-refractivity contribution in [2.75, 3.05) is 7.11 Å². The lowest BCUT2D eigenvalue weighted by Gasteiger charge is -2.32. The molecule has 0 saturated heterocycles. The molecule has 2 aliphatic carbocycles. The molecule has 206 valence electrons. The van der Waals surface area contributed by atoms with Crippen molar-refractivity contribution < 1.29 is 32.5 Å². The molecule has 8 heteroatoms. The van der Waals surface area contributed by atoms with E-state index >= 15 is 4.39 Å².